The summed E-state index contributed by atoms with van der Waals surface area (Å²) in [6.45, 7) is 0. The number of para-hydroxylation sites is 1. The summed E-state index contributed by atoms with van der Waals surface area (Å²) in [5.41, 5.74) is 9.52. The van der Waals surface area contributed by atoms with Crippen molar-refractivity contribution in [3.05, 3.63) is 175 Å². The summed E-state index contributed by atoms with van der Waals surface area (Å²) in [6.07, 6.45) is 1.43. The standard InChI is InChI=1S/C46H28N4O2/c1-2-11-27(12-3-1)44-48-45(50-46(49-44)35-20-9-23-40-43(35)34-14-4-5-21-38(34)51-40)33-19-7-15-29-30(16-6-17-31(29)33)32-18-8-22-39-42(32)36-26-37-28(13-10-24-47-37)25-41(36)52-39/h1-26,45H,(H,48,49,50). The van der Waals surface area contributed by atoms with Crippen LogP contribution in [0.3, 0.4) is 0 Å². The largest absolute Gasteiger partial charge is 0.456 e. The number of hydrogen-bond donors (Lipinski definition) is 1. The Morgan fingerprint density at radius 3 is 2.10 bits per heavy atom. The average Bonchev–Trinajstić information content (AvgIpc) is 3.77. The van der Waals surface area contributed by atoms with Crippen LogP contribution in [0.1, 0.15) is 22.9 Å². The van der Waals surface area contributed by atoms with Gasteiger partial charge in [-0.05, 0) is 58.3 Å². The lowest BCUT2D eigenvalue weighted by atomic mass is 9.92. The van der Waals surface area contributed by atoms with Gasteiger partial charge in [0.1, 0.15) is 34.3 Å². The Hall–Kier alpha value is -7.05. The monoisotopic (exact) mass is 668 g/mol. The number of fused-ring (bicyclic) bond motifs is 8. The Bertz CT molecular complexity index is 3120. The smallest absolute Gasteiger partial charge is 0.160 e. The van der Waals surface area contributed by atoms with Gasteiger partial charge in [-0.1, -0.05) is 115 Å². The lowest BCUT2D eigenvalue weighted by Crippen LogP contribution is -2.33. The van der Waals surface area contributed by atoms with Crippen LogP contribution in [0.25, 0.3) is 76.7 Å². The van der Waals surface area contributed by atoms with Crippen LogP contribution in [-0.4, -0.2) is 16.7 Å². The van der Waals surface area contributed by atoms with Gasteiger partial charge in [-0.15, -0.1) is 0 Å². The van der Waals surface area contributed by atoms with Gasteiger partial charge in [-0.3, -0.25) is 4.98 Å². The maximum absolute atomic E-state index is 6.44. The van der Waals surface area contributed by atoms with E-state index in [-0.39, 0.29) is 0 Å². The van der Waals surface area contributed by atoms with Crippen molar-refractivity contribution in [2.45, 2.75) is 6.17 Å². The van der Waals surface area contributed by atoms with E-state index in [2.05, 4.69) is 101 Å². The molecule has 1 atom stereocenters. The first kappa shape index (κ1) is 28.8. The Morgan fingerprint density at radius 1 is 0.500 bits per heavy atom. The maximum Gasteiger partial charge on any atom is 0.160 e. The second kappa shape index (κ2) is 11.2. The van der Waals surface area contributed by atoms with Gasteiger partial charge >= 0.3 is 0 Å². The minimum Gasteiger partial charge on any atom is -0.456 e. The number of aromatic nitrogens is 1. The third kappa shape index (κ3) is 4.41. The van der Waals surface area contributed by atoms with E-state index in [0.29, 0.717) is 5.84 Å². The molecule has 52 heavy (non-hydrogen) atoms. The first-order valence-electron chi connectivity index (χ1n) is 17.4. The lowest BCUT2D eigenvalue weighted by molar-refractivity contribution is 0.668. The van der Waals surface area contributed by atoms with E-state index in [1.165, 1.54) is 0 Å². The lowest BCUT2D eigenvalue weighted by Gasteiger charge is -2.25. The van der Waals surface area contributed by atoms with E-state index in [0.717, 1.165) is 99.2 Å². The summed E-state index contributed by atoms with van der Waals surface area (Å²) >= 11 is 0. The van der Waals surface area contributed by atoms with Crippen molar-refractivity contribution in [2.24, 2.45) is 9.98 Å². The van der Waals surface area contributed by atoms with Crippen molar-refractivity contribution in [1.82, 2.24) is 10.3 Å². The molecule has 0 saturated carbocycles. The third-order valence-electron chi connectivity index (χ3n) is 10.2. The van der Waals surface area contributed by atoms with Gasteiger partial charge in [-0.25, -0.2) is 9.98 Å². The molecule has 0 fully saturated rings. The molecular weight excluding hydrogens is 641 g/mol. The minimum atomic E-state index is -0.405. The number of nitrogens with zero attached hydrogens (tertiary/aromatic N) is 3. The van der Waals surface area contributed by atoms with E-state index in [9.17, 15) is 0 Å². The fraction of sp³-hybridized carbons (Fsp3) is 0.0217. The fourth-order valence-corrected chi connectivity index (χ4v) is 7.86. The molecule has 0 bridgehead atoms. The molecule has 6 heteroatoms. The van der Waals surface area contributed by atoms with E-state index in [1.54, 1.807) is 0 Å². The van der Waals surface area contributed by atoms with E-state index in [4.69, 9.17) is 18.8 Å². The van der Waals surface area contributed by atoms with E-state index >= 15 is 0 Å². The quantitative estimate of drug-likeness (QED) is 0.202. The summed E-state index contributed by atoms with van der Waals surface area (Å²) in [5, 5.41) is 11.2. The highest BCUT2D eigenvalue weighted by Crippen LogP contribution is 2.42. The van der Waals surface area contributed by atoms with Crippen LogP contribution < -0.4 is 5.32 Å². The van der Waals surface area contributed by atoms with E-state index in [1.807, 2.05) is 66.9 Å². The van der Waals surface area contributed by atoms with E-state index < -0.39 is 6.17 Å². The molecule has 0 aliphatic carbocycles. The highest BCUT2D eigenvalue weighted by Gasteiger charge is 2.25. The van der Waals surface area contributed by atoms with Crippen LogP contribution in [0.15, 0.2) is 177 Å². The highest BCUT2D eigenvalue weighted by molar-refractivity contribution is 6.22. The Kier molecular flexibility index (Phi) is 6.21. The number of hydrogen-bond acceptors (Lipinski definition) is 6. The molecule has 244 valence electrons. The summed E-state index contributed by atoms with van der Waals surface area (Å²) in [4.78, 5) is 15.2. The Labute approximate surface area is 297 Å². The Balaban J connectivity index is 1.11. The predicted molar refractivity (Wildman–Crippen MR) is 211 cm³/mol. The zero-order chi connectivity index (χ0) is 34.2. The molecule has 0 radical (unpaired) electrons. The fourth-order valence-electron chi connectivity index (χ4n) is 7.86. The van der Waals surface area contributed by atoms with Crippen LogP contribution >= 0.6 is 0 Å². The number of aliphatic imine (C=N–C) groups is 2. The molecular formula is C46H28N4O2. The summed E-state index contributed by atoms with van der Waals surface area (Å²) in [7, 11) is 0. The molecule has 11 rings (SSSR count). The number of amidine groups is 2. The number of rotatable bonds is 4. The van der Waals surface area contributed by atoms with Gasteiger partial charge < -0.3 is 14.2 Å². The van der Waals surface area contributed by atoms with Gasteiger partial charge in [-0.2, -0.15) is 0 Å². The molecule has 0 spiro atoms. The first-order valence-corrected chi connectivity index (χ1v) is 17.4. The minimum absolute atomic E-state index is 0.405. The average molecular weight is 669 g/mol. The molecule has 1 aliphatic heterocycles. The van der Waals surface area contributed by atoms with Crippen molar-refractivity contribution in [1.29, 1.82) is 0 Å². The molecule has 4 heterocycles. The second-order valence-electron chi connectivity index (χ2n) is 13.2. The summed E-state index contributed by atoms with van der Waals surface area (Å²) in [5.74, 6) is 1.42. The zero-order valence-electron chi connectivity index (χ0n) is 27.7. The first-order chi connectivity index (χ1) is 25.8. The highest BCUT2D eigenvalue weighted by atomic mass is 16.3. The van der Waals surface area contributed by atoms with Gasteiger partial charge in [0.2, 0.25) is 0 Å². The zero-order valence-corrected chi connectivity index (χ0v) is 27.7. The normalized spacial score (nSPS) is 14.7. The van der Waals surface area contributed by atoms with Crippen molar-refractivity contribution >= 4 is 77.2 Å². The number of pyridine rings is 1. The molecule has 0 amide bonds. The predicted octanol–water partition coefficient (Wildman–Crippen LogP) is 11.3. The van der Waals surface area contributed by atoms with Crippen LogP contribution in [0, 0.1) is 0 Å². The maximum atomic E-state index is 6.44. The molecule has 3 aromatic heterocycles. The molecule has 1 N–H and O–H groups in total. The number of nitrogens with one attached hydrogen (secondary N) is 1. The molecule has 0 saturated heterocycles. The van der Waals surface area contributed by atoms with Crippen LogP contribution in [0.4, 0.5) is 0 Å². The van der Waals surface area contributed by atoms with Gasteiger partial charge in [0.25, 0.3) is 0 Å². The van der Waals surface area contributed by atoms with Gasteiger partial charge in [0.05, 0.1) is 5.52 Å². The van der Waals surface area contributed by atoms with Crippen molar-refractivity contribution in [3.8, 4) is 11.1 Å². The molecule has 10 aromatic rings. The number of furan rings is 2. The molecule has 1 unspecified atom stereocenters. The topological polar surface area (TPSA) is 75.9 Å². The third-order valence-corrected chi connectivity index (χ3v) is 10.2. The molecule has 7 aromatic carbocycles. The Morgan fingerprint density at radius 2 is 1.19 bits per heavy atom. The van der Waals surface area contributed by atoms with Gasteiger partial charge in [0, 0.05) is 49.8 Å². The van der Waals surface area contributed by atoms with Crippen LogP contribution in [0.5, 0.6) is 0 Å². The van der Waals surface area contributed by atoms with Gasteiger partial charge in [0.15, 0.2) is 5.84 Å². The van der Waals surface area contributed by atoms with Crippen molar-refractivity contribution in [3.63, 3.8) is 0 Å². The van der Waals surface area contributed by atoms with Crippen LogP contribution in [0.2, 0.25) is 0 Å². The number of benzene rings is 7. The summed E-state index contributed by atoms with van der Waals surface area (Å²) in [6, 6.07) is 52.1. The second-order valence-corrected chi connectivity index (χ2v) is 13.2. The molecule has 1 aliphatic rings. The summed E-state index contributed by atoms with van der Waals surface area (Å²) < 4.78 is 12.7. The molecule has 6 nitrogen and oxygen atoms in total. The van der Waals surface area contributed by atoms with Crippen molar-refractivity contribution < 1.29 is 8.83 Å². The van der Waals surface area contributed by atoms with Crippen LogP contribution in [-0.2, 0) is 0 Å². The SMILES string of the molecule is c1ccc(C2=NC(c3cccc4oc5ccccc5c34)=NC(c3cccc4c(-c5cccc6oc7cc8cccnc8cc7c56)cccc34)N2)cc1. The van der Waals surface area contributed by atoms with Crippen molar-refractivity contribution in [2.75, 3.05) is 0 Å².